The van der Waals surface area contributed by atoms with Gasteiger partial charge in [-0.3, -0.25) is 9.59 Å². The fourth-order valence-electron chi connectivity index (χ4n) is 1.33. The molecule has 0 saturated carbocycles. The van der Waals surface area contributed by atoms with E-state index in [2.05, 4.69) is 10.1 Å². The summed E-state index contributed by atoms with van der Waals surface area (Å²) in [5, 5.41) is 11.0. The highest BCUT2D eigenvalue weighted by atomic mass is 16.5. The lowest BCUT2D eigenvalue weighted by Gasteiger charge is -2.27. The van der Waals surface area contributed by atoms with Crippen LogP contribution >= 0.6 is 0 Å². The third kappa shape index (κ3) is 6.03. The highest BCUT2D eigenvalue weighted by molar-refractivity contribution is 5.88. The first-order valence-corrected chi connectivity index (χ1v) is 5.84. The van der Waals surface area contributed by atoms with Crippen LogP contribution < -0.4 is 11.1 Å². The van der Waals surface area contributed by atoms with Gasteiger partial charge in [-0.2, -0.15) is 0 Å². The van der Waals surface area contributed by atoms with Crippen LogP contribution in [0.2, 0.25) is 0 Å². The summed E-state index contributed by atoms with van der Waals surface area (Å²) in [7, 11) is 1.17. The summed E-state index contributed by atoms with van der Waals surface area (Å²) in [4.78, 5) is 45.9. The summed E-state index contributed by atoms with van der Waals surface area (Å²) in [6.07, 6.45) is -0.536. The minimum absolute atomic E-state index is 0.330. The zero-order valence-electron chi connectivity index (χ0n) is 11.6. The highest BCUT2D eigenvalue weighted by Crippen LogP contribution is 2.02. The Morgan fingerprint density at radius 3 is 2.20 bits per heavy atom. The van der Waals surface area contributed by atoms with E-state index in [-0.39, 0.29) is 12.6 Å². The molecule has 0 aromatic carbocycles. The molecule has 0 rings (SSSR count). The number of nitrogens with two attached hydrogens (primary N) is 1. The van der Waals surface area contributed by atoms with Crippen LogP contribution in [0.15, 0.2) is 0 Å². The number of rotatable bonds is 7. The lowest BCUT2D eigenvalue weighted by molar-refractivity contribution is -0.141. The van der Waals surface area contributed by atoms with E-state index in [0.717, 1.165) is 4.90 Å². The Morgan fingerprint density at radius 2 is 1.85 bits per heavy atom. The fourth-order valence-corrected chi connectivity index (χ4v) is 1.33. The Morgan fingerprint density at radius 1 is 1.30 bits per heavy atom. The Kier molecular flexibility index (Phi) is 7.05. The van der Waals surface area contributed by atoms with Crippen LogP contribution in [0.1, 0.15) is 20.3 Å². The molecule has 0 bridgehead atoms. The molecule has 9 nitrogen and oxygen atoms in total. The van der Waals surface area contributed by atoms with Crippen LogP contribution in [-0.4, -0.2) is 59.6 Å². The first-order valence-electron chi connectivity index (χ1n) is 5.84. The zero-order chi connectivity index (χ0) is 15.9. The summed E-state index contributed by atoms with van der Waals surface area (Å²) in [6.45, 7) is 2.96. The van der Waals surface area contributed by atoms with Gasteiger partial charge in [0.2, 0.25) is 5.91 Å². The average molecular weight is 289 g/mol. The van der Waals surface area contributed by atoms with Gasteiger partial charge in [-0.1, -0.05) is 0 Å². The van der Waals surface area contributed by atoms with E-state index in [0.29, 0.717) is 0 Å². The molecule has 114 valence electrons. The van der Waals surface area contributed by atoms with Crippen molar-refractivity contribution in [2.24, 2.45) is 5.73 Å². The molecule has 9 heteroatoms. The molecule has 0 heterocycles. The number of ether oxygens (including phenoxy) is 1. The Hall–Kier alpha value is -2.32. The molecular formula is C11H19N3O6. The monoisotopic (exact) mass is 289 g/mol. The number of hydrogen-bond acceptors (Lipinski definition) is 5. The van der Waals surface area contributed by atoms with E-state index in [9.17, 15) is 19.2 Å². The number of nitrogens with zero attached hydrogens (tertiary/aromatic N) is 1. The molecule has 0 fully saturated rings. The highest BCUT2D eigenvalue weighted by Gasteiger charge is 2.27. The molecule has 4 N–H and O–H groups in total. The molecule has 0 aromatic heterocycles. The van der Waals surface area contributed by atoms with Crippen LogP contribution in [0.5, 0.6) is 0 Å². The van der Waals surface area contributed by atoms with Crippen LogP contribution in [-0.2, 0) is 19.1 Å². The number of methoxy groups -OCH3 is 1. The van der Waals surface area contributed by atoms with Gasteiger partial charge in [0.1, 0.15) is 12.6 Å². The third-order valence-electron chi connectivity index (χ3n) is 2.41. The Labute approximate surface area is 116 Å². The minimum atomic E-state index is -1.45. The molecule has 0 spiro atoms. The molecule has 1 atom stereocenters. The summed E-state index contributed by atoms with van der Waals surface area (Å²) < 4.78 is 4.45. The number of primary amides is 1. The molecular weight excluding hydrogens is 270 g/mol. The zero-order valence-corrected chi connectivity index (χ0v) is 11.6. The molecule has 0 aliphatic rings. The second kappa shape index (κ2) is 7.97. The molecule has 1 unspecified atom stereocenters. The fraction of sp³-hybridized carbons (Fsp3) is 0.636. The maximum atomic E-state index is 11.9. The predicted octanol–water partition coefficient (Wildman–Crippen LogP) is -1.09. The van der Waals surface area contributed by atoms with Crippen molar-refractivity contribution in [3.8, 4) is 0 Å². The normalized spacial score (nSPS) is 11.6. The summed E-state index contributed by atoms with van der Waals surface area (Å²) in [5.41, 5.74) is 4.90. The van der Waals surface area contributed by atoms with Crippen molar-refractivity contribution >= 4 is 23.9 Å². The lowest BCUT2D eigenvalue weighted by atomic mass is 10.2. The van der Waals surface area contributed by atoms with Crippen LogP contribution in [0.3, 0.4) is 0 Å². The van der Waals surface area contributed by atoms with Crippen LogP contribution in [0.4, 0.5) is 4.79 Å². The molecule has 0 radical (unpaired) electrons. The number of carbonyl (C=O) groups excluding carboxylic acids is 3. The number of carbonyl (C=O) groups is 4. The molecule has 20 heavy (non-hydrogen) atoms. The van der Waals surface area contributed by atoms with Crippen molar-refractivity contribution < 1.29 is 29.0 Å². The van der Waals surface area contributed by atoms with E-state index < -0.39 is 36.3 Å². The van der Waals surface area contributed by atoms with Gasteiger partial charge in [-0.25, -0.2) is 9.59 Å². The van der Waals surface area contributed by atoms with E-state index in [1.807, 2.05) is 0 Å². The second-order valence-electron chi connectivity index (χ2n) is 4.31. The molecule has 0 aliphatic heterocycles. The first-order chi connectivity index (χ1) is 9.18. The second-order valence-corrected chi connectivity index (χ2v) is 4.31. The smallest absolute Gasteiger partial charge is 0.326 e. The van der Waals surface area contributed by atoms with E-state index in [4.69, 9.17) is 10.8 Å². The number of carboxylic acid groups (broad SMARTS) is 1. The largest absolute Gasteiger partial charge is 0.480 e. The number of amides is 3. The molecule has 0 aromatic rings. The van der Waals surface area contributed by atoms with E-state index in [1.54, 1.807) is 13.8 Å². The number of aliphatic carboxylic acids is 1. The Bertz CT molecular complexity index is 396. The summed E-state index contributed by atoms with van der Waals surface area (Å²) in [6, 6.07) is -2.60. The van der Waals surface area contributed by atoms with E-state index >= 15 is 0 Å². The Balaban J connectivity index is 4.84. The van der Waals surface area contributed by atoms with Gasteiger partial charge >= 0.3 is 18.0 Å². The standard InChI is InChI=1S/C11H19N3O6/c1-6(2)14(5-9(16)20-3)11(19)13-7(10(17)18)4-8(12)15/h6-7H,4-5H2,1-3H3,(H2,12,15)(H,13,19)(H,17,18). The lowest BCUT2D eigenvalue weighted by Crippen LogP contribution is -2.52. The SMILES string of the molecule is COC(=O)CN(C(=O)NC(CC(N)=O)C(=O)O)C(C)C. The first kappa shape index (κ1) is 17.7. The molecule has 0 saturated heterocycles. The van der Waals surface area contributed by atoms with Crippen molar-refractivity contribution in [2.75, 3.05) is 13.7 Å². The summed E-state index contributed by atoms with van der Waals surface area (Å²) in [5.74, 6) is -2.89. The molecule has 0 aliphatic carbocycles. The third-order valence-corrected chi connectivity index (χ3v) is 2.41. The number of esters is 1. The van der Waals surface area contributed by atoms with Gasteiger partial charge in [0, 0.05) is 6.04 Å². The van der Waals surface area contributed by atoms with Crippen LogP contribution in [0, 0.1) is 0 Å². The van der Waals surface area contributed by atoms with Crippen molar-refractivity contribution in [3.63, 3.8) is 0 Å². The van der Waals surface area contributed by atoms with Crippen molar-refractivity contribution in [1.82, 2.24) is 10.2 Å². The number of carboxylic acids is 1. The predicted molar refractivity (Wildman–Crippen MR) is 67.6 cm³/mol. The van der Waals surface area contributed by atoms with Crippen LogP contribution in [0.25, 0.3) is 0 Å². The van der Waals surface area contributed by atoms with Crippen molar-refractivity contribution in [2.45, 2.75) is 32.4 Å². The maximum absolute atomic E-state index is 11.9. The minimum Gasteiger partial charge on any atom is -0.480 e. The van der Waals surface area contributed by atoms with E-state index in [1.165, 1.54) is 7.11 Å². The topological polar surface area (TPSA) is 139 Å². The summed E-state index contributed by atoms with van der Waals surface area (Å²) >= 11 is 0. The van der Waals surface area contributed by atoms with Gasteiger partial charge < -0.3 is 25.8 Å². The maximum Gasteiger partial charge on any atom is 0.326 e. The van der Waals surface area contributed by atoms with Gasteiger partial charge in [-0.05, 0) is 13.8 Å². The number of hydrogen-bond donors (Lipinski definition) is 3. The quantitative estimate of drug-likeness (QED) is 0.509. The molecule has 3 amide bonds. The number of nitrogens with one attached hydrogen (secondary N) is 1. The number of urea groups is 1. The average Bonchev–Trinajstić information content (AvgIpc) is 2.33. The van der Waals surface area contributed by atoms with Crippen molar-refractivity contribution in [1.29, 1.82) is 0 Å². The van der Waals surface area contributed by atoms with Gasteiger partial charge in [0.05, 0.1) is 13.5 Å². The van der Waals surface area contributed by atoms with Gasteiger partial charge in [0.15, 0.2) is 0 Å². The van der Waals surface area contributed by atoms with Gasteiger partial charge in [-0.15, -0.1) is 0 Å². The van der Waals surface area contributed by atoms with Crippen molar-refractivity contribution in [3.05, 3.63) is 0 Å². The van der Waals surface area contributed by atoms with Gasteiger partial charge in [0.25, 0.3) is 0 Å².